The van der Waals surface area contributed by atoms with Crippen LogP contribution in [0.2, 0.25) is 18.1 Å². The molecule has 1 aliphatic rings. The zero-order chi connectivity index (χ0) is 13.4. The fourth-order valence-electron chi connectivity index (χ4n) is 2.38. The SMILES string of the molecule is CCOCC1=C(O[Si](CC)(CC)CC)CCC=C1. The van der Waals surface area contributed by atoms with Crippen molar-refractivity contribution in [3.8, 4) is 0 Å². The molecule has 2 nitrogen and oxygen atoms in total. The third-order valence-electron chi connectivity index (χ3n) is 3.95. The van der Waals surface area contributed by atoms with Gasteiger partial charge in [-0.25, -0.2) is 0 Å². The second kappa shape index (κ2) is 7.80. The second-order valence-corrected chi connectivity index (χ2v) is 9.56. The van der Waals surface area contributed by atoms with Crippen molar-refractivity contribution in [2.75, 3.05) is 13.2 Å². The van der Waals surface area contributed by atoms with E-state index in [1.165, 1.54) is 29.5 Å². The van der Waals surface area contributed by atoms with Gasteiger partial charge < -0.3 is 9.16 Å². The molecule has 0 saturated carbocycles. The van der Waals surface area contributed by atoms with E-state index in [0.717, 1.165) is 19.4 Å². The molecule has 0 aliphatic heterocycles. The van der Waals surface area contributed by atoms with Crippen LogP contribution in [0.15, 0.2) is 23.5 Å². The van der Waals surface area contributed by atoms with Crippen molar-refractivity contribution < 1.29 is 9.16 Å². The lowest BCUT2D eigenvalue weighted by molar-refractivity contribution is 0.169. The van der Waals surface area contributed by atoms with E-state index in [1.54, 1.807) is 0 Å². The molecule has 0 N–H and O–H groups in total. The highest BCUT2D eigenvalue weighted by atomic mass is 28.4. The summed E-state index contributed by atoms with van der Waals surface area (Å²) in [6.07, 6.45) is 6.57. The Hall–Kier alpha value is -0.543. The Labute approximate surface area is 113 Å². The molecule has 0 spiro atoms. The number of ether oxygens (including phenoxy) is 1. The molecular formula is C15H28O2Si. The van der Waals surface area contributed by atoms with Gasteiger partial charge in [-0.05, 0) is 31.5 Å². The van der Waals surface area contributed by atoms with E-state index in [0.29, 0.717) is 6.61 Å². The van der Waals surface area contributed by atoms with Gasteiger partial charge in [0.15, 0.2) is 0 Å². The van der Waals surface area contributed by atoms with E-state index in [4.69, 9.17) is 9.16 Å². The Bertz CT molecular complexity index is 295. The zero-order valence-electron chi connectivity index (χ0n) is 12.4. The van der Waals surface area contributed by atoms with Gasteiger partial charge >= 0.3 is 0 Å². The number of hydrogen-bond acceptors (Lipinski definition) is 2. The van der Waals surface area contributed by atoms with Crippen LogP contribution in [0.5, 0.6) is 0 Å². The van der Waals surface area contributed by atoms with Crippen LogP contribution in [0, 0.1) is 0 Å². The van der Waals surface area contributed by atoms with Gasteiger partial charge in [-0.15, -0.1) is 0 Å². The molecule has 0 unspecified atom stereocenters. The molecule has 0 amide bonds. The summed E-state index contributed by atoms with van der Waals surface area (Å²) < 4.78 is 12.1. The van der Waals surface area contributed by atoms with Crippen molar-refractivity contribution in [3.05, 3.63) is 23.5 Å². The van der Waals surface area contributed by atoms with E-state index in [1.807, 2.05) is 6.92 Å². The fourth-order valence-corrected chi connectivity index (χ4v) is 5.07. The molecule has 3 heteroatoms. The molecule has 0 saturated heterocycles. The zero-order valence-corrected chi connectivity index (χ0v) is 13.4. The van der Waals surface area contributed by atoms with E-state index in [2.05, 4.69) is 32.9 Å². The number of hydrogen-bond donors (Lipinski definition) is 0. The third-order valence-corrected chi connectivity index (χ3v) is 8.50. The summed E-state index contributed by atoms with van der Waals surface area (Å²) in [7, 11) is -1.53. The van der Waals surface area contributed by atoms with Crippen LogP contribution in [-0.2, 0) is 9.16 Å². The van der Waals surface area contributed by atoms with Crippen LogP contribution >= 0.6 is 0 Å². The highest BCUT2D eigenvalue weighted by Gasteiger charge is 2.32. The van der Waals surface area contributed by atoms with Crippen molar-refractivity contribution in [2.24, 2.45) is 0 Å². The summed E-state index contributed by atoms with van der Waals surface area (Å²) in [5.41, 5.74) is 1.26. The summed E-state index contributed by atoms with van der Waals surface area (Å²) in [6, 6.07) is 3.61. The van der Waals surface area contributed by atoms with Crippen LogP contribution in [0.1, 0.15) is 40.5 Å². The van der Waals surface area contributed by atoms with Gasteiger partial charge in [0, 0.05) is 18.6 Å². The predicted octanol–water partition coefficient (Wildman–Crippen LogP) is 4.65. The molecule has 0 aromatic carbocycles. The maximum atomic E-state index is 6.52. The largest absolute Gasteiger partial charge is 0.546 e. The van der Waals surface area contributed by atoms with Crippen LogP contribution < -0.4 is 0 Å². The molecule has 1 aliphatic carbocycles. The normalized spacial score (nSPS) is 16.2. The molecule has 0 bridgehead atoms. The molecule has 1 rings (SSSR count). The first-order valence-electron chi connectivity index (χ1n) is 7.36. The van der Waals surface area contributed by atoms with Gasteiger partial charge in [-0.1, -0.05) is 32.9 Å². The van der Waals surface area contributed by atoms with Gasteiger partial charge in [-0.3, -0.25) is 0 Å². The maximum Gasteiger partial charge on any atom is 0.250 e. The summed E-state index contributed by atoms with van der Waals surface area (Å²) in [6.45, 7) is 10.3. The van der Waals surface area contributed by atoms with Gasteiger partial charge in [0.2, 0.25) is 8.32 Å². The minimum absolute atomic E-state index is 0.698. The van der Waals surface area contributed by atoms with Crippen LogP contribution in [0.3, 0.4) is 0 Å². The highest BCUT2D eigenvalue weighted by molar-refractivity contribution is 6.73. The molecule has 0 radical (unpaired) electrons. The molecule has 0 aromatic heterocycles. The van der Waals surface area contributed by atoms with Crippen LogP contribution in [0.4, 0.5) is 0 Å². The average Bonchev–Trinajstić information content (AvgIpc) is 2.44. The van der Waals surface area contributed by atoms with Gasteiger partial charge in [0.1, 0.15) is 0 Å². The molecule has 0 fully saturated rings. The summed E-state index contributed by atoms with van der Waals surface area (Å²) in [4.78, 5) is 0. The van der Waals surface area contributed by atoms with Gasteiger partial charge in [0.25, 0.3) is 0 Å². The van der Waals surface area contributed by atoms with Crippen molar-refractivity contribution >= 4 is 8.32 Å². The summed E-state index contributed by atoms with van der Waals surface area (Å²) >= 11 is 0. The Kier molecular flexibility index (Phi) is 6.72. The molecule has 0 atom stereocenters. The van der Waals surface area contributed by atoms with Crippen molar-refractivity contribution in [1.82, 2.24) is 0 Å². The topological polar surface area (TPSA) is 18.5 Å². The quantitative estimate of drug-likeness (QED) is 0.597. The number of rotatable bonds is 8. The third kappa shape index (κ3) is 3.99. The molecular weight excluding hydrogens is 240 g/mol. The lowest BCUT2D eigenvalue weighted by Gasteiger charge is -2.32. The smallest absolute Gasteiger partial charge is 0.250 e. The first-order chi connectivity index (χ1) is 8.71. The van der Waals surface area contributed by atoms with Crippen molar-refractivity contribution in [3.63, 3.8) is 0 Å². The Morgan fingerprint density at radius 3 is 2.33 bits per heavy atom. The first-order valence-corrected chi connectivity index (χ1v) is 9.89. The Morgan fingerprint density at radius 1 is 1.11 bits per heavy atom. The fraction of sp³-hybridized carbons (Fsp3) is 0.733. The van der Waals surface area contributed by atoms with Gasteiger partial charge in [-0.2, -0.15) is 0 Å². The van der Waals surface area contributed by atoms with E-state index in [9.17, 15) is 0 Å². The second-order valence-electron chi connectivity index (χ2n) is 4.87. The molecule has 0 heterocycles. The highest BCUT2D eigenvalue weighted by Crippen LogP contribution is 2.30. The first kappa shape index (κ1) is 15.5. The summed E-state index contributed by atoms with van der Waals surface area (Å²) in [5, 5.41) is 0. The molecule has 104 valence electrons. The lowest BCUT2D eigenvalue weighted by Crippen LogP contribution is -2.36. The Balaban J connectivity index is 2.82. The Morgan fingerprint density at radius 2 is 1.78 bits per heavy atom. The van der Waals surface area contributed by atoms with Crippen molar-refractivity contribution in [1.29, 1.82) is 0 Å². The maximum absolute atomic E-state index is 6.52. The van der Waals surface area contributed by atoms with Crippen molar-refractivity contribution in [2.45, 2.75) is 58.7 Å². The van der Waals surface area contributed by atoms with Gasteiger partial charge in [0.05, 0.1) is 12.4 Å². The lowest BCUT2D eigenvalue weighted by atomic mass is 10.1. The standard InChI is InChI=1S/C15H28O2Si/c1-5-16-13-14-11-9-10-12-15(14)17-18(6-2,7-3)8-4/h9,11H,5-8,10,12-13H2,1-4H3. The van der Waals surface area contributed by atoms with Crippen LogP contribution in [-0.4, -0.2) is 21.5 Å². The monoisotopic (exact) mass is 268 g/mol. The minimum Gasteiger partial charge on any atom is -0.546 e. The minimum atomic E-state index is -1.53. The molecule has 0 aromatic rings. The van der Waals surface area contributed by atoms with E-state index >= 15 is 0 Å². The molecule has 18 heavy (non-hydrogen) atoms. The van der Waals surface area contributed by atoms with E-state index in [-0.39, 0.29) is 0 Å². The van der Waals surface area contributed by atoms with E-state index < -0.39 is 8.32 Å². The summed E-state index contributed by atoms with van der Waals surface area (Å²) in [5.74, 6) is 1.21. The van der Waals surface area contributed by atoms with Crippen LogP contribution in [0.25, 0.3) is 0 Å². The number of allylic oxidation sites excluding steroid dienone is 2. The average molecular weight is 268 g/mol. The predicted molar refractivity (Wildman–Crippen MR) is 80.2 cm³/mol.